The fraction of sp³-hybridized carbons (Fsp3) is 0.125. The van der Waals surface area contributed by atoms with Crippen molar-refractivity contribution >= 4 is 11.6 Å². The van der Waals surface area contributed by atoms with Gasteiger partial charge >= 0.3 is 0 Å². The van der Waals surface area contributed by atoms with Crippen molar-refractivity contribution in [2.75, 3.05) is 12.4 Å². The van der Waals surface area contributed by atoms with Gasteiger partial charge in [-0.1, -0.05) is 23.3 Å². The van der Waals surface area contributed by atoms with Gasteiger partial charge in [-0.3, -0.25) is 4.98 Å². The van der Waals surface area contributed by atoms with Gasteiger partial charge in [-0.15, -0.1) is 0 Å². The van der Waals surface area contributed by atoms with Gasteiger partial charge in [0.05, 0.1) is 7.11 Å². The number of anilines is 1. The zero-order valence-electron chi connectivity index (χ0n) is 12.4. The average Bonchev–Trinajstić information content (AvgIpc) is 3.10. The molecule has 7 heteroatoms. The number of allylic oxidation sites excluding steroid dienone is 1. The number of benzene rings is 1. The second-order valence-electron chi connectivity index (χ2n) is 5.08. The van der Waals surface area contributed by atoms with Gasteiger partial charge in [0.1, 0.15) is 11.8 Å². The molecule has 0 fully saturated rings. The molecule has 1 unspecified atom stereocenters. The number of rotatable bonds is 3. The Labute approximate surface area is 132 Å². The Bertz CT molecular complexity index is 858. The molecule has 2 aromatic heterocycles. The van der Waals surface area contributed by atoms with Crippen LogP contribution in [0.5, 0.6) is 5.75 Å². The van der Waals surface area contributed by atoms with Crippen LogP contribution in [0.1, 0.15) is 17.2 Å². The lowest BCUT2D eigenvalue weighted by molar-refractivity contribution is 0.403. The minimum Gasteiger partial charge on any atom is -0.496 e. The smallest absolute Gasteiger partial charge is 0.248 e. The number of para-hydroxylation sites is 1. The van der Waals surface area contributed by atoms with E-state index in [0.717, 1.165) is 22.6 Å². The molecule has 0 spiro atoms. The molecule has 0 aliphatic carbocycles. The van der Waals surface area contributed by atoms with E-state index in [9.17, 15) is 0 Å². The van der Waals surface area contributed by atoms with Crippen molar-refractivity contribution < 1.29 is 4.74 Å². The van der Waals surface area contributed by atoms with E-state index in [1.54, 1.807) is 24.2 Å². The first-order valence-electron chi connectivity index (χ1n) is 7.17. The molecular formula is C16H14N6O. The van der Waals surface area contributed by atoms with Crippen LogP contribution in [-0.2, 0) is 0 Å². The van der Waals surface area contributed by atoms with Gasteiger partial charge in [-0.25, -0.2) is 0 Å². The molecule has 114 valence electrons. The summed E-state index contributed by atoms with van der Waals surface area (Å²) >= 11 is 0. The van der Waals surface area contributed by atoms with Crippen LogP contribution < -0.4 is 10.1 Å². The molecule has 1 N–H and O–H groups in total. The third kappa shape index (κ3) is 2.32. The maximum Gasteiger partial charge on any atom is 0.248 e. The van der Waals surface area contributed by atoms with Gasteiger partial charge in [0, 0.05) is 29.2 Å². The highest BCUT2D eigenvalue weighted by Gasteiger charge is 2.26. The van der Waals surface area contributed by atoms with Crippen LogP contribution in [0.2, 0.25) is 0 Å². The van der Waals surface area contributed by atoms with Gasteiger partial charge < -0.3 is 10.1 Å². The minimum atomic E-state index is -0.160. The zero-order valence-corrected chi connectivity index (χ0v) is 12.4. The lowest BCUT2D eigenvalue weighted by Crippen LogP contribution is -2.20. The predicted octanol–water partition coefficient (Wildman–Crippen LogP) is 2.13. The summed E-state index contributed by atoms with van der Waals surface area (Å²) in [5, 5.41) is 15.2. The van der Waals surface area contributed by atoms with Crippen LogP contribution >= 0.6 is 0 Å². The van der Waals surface area contributed by atoms with Crippen molar-refractivity contribution in [1.82, 2.24) is 25.2 Å². The second-order valence-corrected chi connectivity index (χ2v) is 5.08. The summed E-state index contributed by atoms with van der Waals surface area (Å²) in [5.74, 6) is 1.38. The largest absolute Gasteiger partial charge is 0.496 e. The van der Waals surface area contributed by atoms with E-state index in [1.165, 1.54) is 0 Å². The van der Waals surface area contributed by atoms with E-state index in [2.05, 4.69) is 31.9 Å². The third-order valence-corrected chi connectivity index (χ3v) is 3.76. The van der Waals surface area contributed by atoms with E-state index in [0.29, 0.717) is 5.95 Å². The van der Waals surface area contributed by atoms with Crippen molar-refractivity contribution in [2.45, 2.75) is 6.04 Å². The zero-order chi connectivity index (χ0) is 15.6. The van der Waals surface area contributed by atoms with Crippen LogP contribution in [0.3, 0.4) is 0 Å². The molecule has 1 aromatic carbocycles. The number of tetrazole rings is 1. The number of hydrogen-bond donors (Lipinski definition) is 1. The normalized spacial score (nSPS) is 16.2. The number of pyridine rings is 1. The van der Waals surface area contributed by atoms with E-state index in [1.807, 2.05) is 36.4 Å². The third-order valence-electron chi connectivity index (χ3n) is 3.76. The topological polar surface area (TPSA) is 77.8 Å². The van der Waals surface area contributed by atoms with Gasteiger partial charge in [0.15, 0.2) is 0 Å². The van der Waals surface area contributed by atoms with Crippen LogP contribution in [0.4, 0.5) is 5.95 Å². The van der Waals surface area contributed by atoms with Crippen molar-refractivity contribution in [1.29, 1.82) is 0 Å². The minimum absolute atomic E-state index is 0.160. The van der Waals surface area contributed by atoms with Crippen LogP contribution in [0.15, 0.2) is 54.9 Å². The first-order valence-corrected chi connectivity index (χ1v) is 7.17. The number of fused-ring (bicyclic) bond motifs is 1. The summed E-state index contributed by atoms with van der Waals surface area (Å²) in [5.41, 5.74) is 2.88. The average molecular weight is 306 g/mol. The fourth-order valence-electron chi connectivity index (χ4n) is 2.68. The number of hydrogen-bond acceptors (Lipinski definition) is 6. The monoisotopic (exact) mass is 306 g/mol. The highest BCUT2D eigenvalue weighted by molar-refractivity contribution is 5.76. The quantitative estimate of drug-likeness (QED) is 0.798. The standard InChI is InChI=1S/C16H14N6O/c1-23-15-7-3-2-6-12(15)14-9-13(11-5-4-8-17-10-11)18-16-19-20-21-22(14)16/h2-10,14H,1H3,(H,18,19,21). The molecule has 7 nitrogen and oxygen atoms in total. The number of nitrogens with one attached hydrogen (secondary N) is 1. The van der Waals surface area contributed by atoms with E-state index >= 15 is 0 Å². The first kappa shape index (κ1) is 13.4. The Kier molecular flexibility index (Phi) is 3.23. The molecular weight excluding hydrogens is 292 g/mol. The van der Waals surface area contributed by atoms with Crippen molar-refractivity contribution in [3.8, 4) is 5.75 Å². The summed E-state index contributed by atoms with van der Waals surface area (Å²) in [6, 6.07) is 11.6. The summed E-state index contributed by atoms with van der Waals surface area (Å²) in [6.07, 6.45) is 5.62. The van der Waals surface area contributed by atoms with Crippen LogP contribution in [0.25, 0.3) is 5.70 Å². The molecule has 1 aliphatic heterocycles. The molecule has 3 aromatic rings. The summed E-state index contributed by atoms with van der Waals surface area (Å²) in [7, 11) is 1.66. The number of aromatic nitrogens is 5. The molecule has 0 saturated carbocycles. The molecule has 3 heterocycles. The molecule has 0 radical (unpaired) electrons. The Morgan fingerprint density at radius 2 is 2.09 bits per heavy atom. The summed E-state index contributed by atoms with van der Waals surface area (Å²) < 4.78 is 7.22. The van der Waals surface area contributed by atoms with E-state index < -0.39 is 0 Å². The number of ether oxygens (including phenoxy) is 1. The van der Waals surface area contributed by atoms with Gasteiger partial charge in [-0.2, -0.15) is 4.68 Å². The highest BCUT2D eigenvalue weighted by Crippen LogP contribution is 2.35. The lowest BCUT2D eigenvalue weighted by Gasteiger charge is -2.24. The Hall–Kier alpha value is -3.22. The summed E-state index contributed by atoms with van der Waals surface area (Å²) in [6.45, 7) is 0. The van der Waals surface area contributed by atoms with Crippen LogP contribution in [0, 0.1) is 0 Å². The Morgan fingerprint density at radius 1 is 1.17 bits per heavy atom. The molecule has 4 rings (SSSR count). The van der Waals surface area contributed by atoms with Crippen molar-refractivity contribution in [2.24, 2.45) is 0 Å². The van der Waals surface area contributed by atoms with E-state index in [-0.39, 0.29) is 6.04 Å². The molecule has 0 bridgehead atoms. The van der Waals surface area contributed by atoms with Crippen LogP contribution in [-0.4, -0.2) is 32.3 Å². The van der Waals surface area contributed by atoms with Gasteiger partial charge in [-0.05, 0) is 34.7 Å². The fourth-order valence-corrected chi connectivity index (χ4v) is 2.68. The number of nitrogens with zero attached hydrogens (tertiary/aromatic N) is 5. The molecule has 0 saturated heterocycles. The lowest BCUT2D eigenvalue weighted by atomic mass is 10.0. The Morgan fingerprint density at radius 3 is 2.91 bits per heavy atom. The maximum atomic E-state index is 5.49. The molecule has 1 aliphatic rings. The highest BCUT2D eigenvalue weighted by atomic mass is 16.5. The Balaban J connectivity index is 1.85. The second kappa shape index (κ2) is 5.53. The number of methoxy groups -OCH3 is 1. The molecule has 1 atom stereocenters. The van der Waals surface area contributed by atoms with Crippen molar-refractivity contribution in [3.05, 3.63) is 66.0 Å². The first-order chi connectivity index (χ1) is 11.4. The SMILES string of the molecule is COc1ccccc1C1C=C(c2cccnc2)Nc2nnnn21. The summed E-state index contributed by atoms with van der Waals surface area (Å²) in [4.78, 5) is 4.17. The molecule has 23 heavy (non-hydrogen) atoms. The van der Waals surface area contributed by atoms with Gasteiger partial charge in [0.2, 0.25) is 5.95 Å². The van der Waals surface area contributed by atoms with Gasteiger partial charge in [0.25, 0.3) is 0 Å². The molecule has 0 amide bonds. The van der Waals surface area contributed by atoms with E-state index in [4.69, 9.17) is 4.74 Å². The maximum absolute atomic E-state index is 5.49. The predicted molar refractivity (Wildman–Crippen MR) is 84.8 cm³/mol. The van der Waals surface area contributed by atoms with Crippen molar-refractivity contribution in [3.63, 3.8) is 0 Å².